The van der Waals surface area contributed by atoms with E-state index in [1.54, 1.807) is 11.0 Å². The Bertz CT molecular complexity index is 856. The van der Waals surface area contributed by atoms with Crippen molar-refractivity contribution in [3.05, 3.63) is 16.5 Å². The van der Waals surface area contributed by atoms with Crippen LogP contribution in [0.15, 0.2) is 6.07 Å². The number of hydrogen-bond donors (Lipinski definition) is 2. The summed E-state index contributed by atoms with van der Waals surface area (Å²) in [6.45, 7) is 8.27. The zero-order valence-corrected chi connectivity index (χ0v) is 19.9. The molecule has 3 rings (SSSR count). The van der Waals surface area contributed by atoms with E-state index >= 15 is 0 Å². The Kier molecular flexibility index (Phi) is 7.49. The number of aromatic carboxylic acids is 1. The lowest BCUT2D eigenvalue weighted by Crippen LogP contribution is -2.46. The van der Waals surface area contributed by atoms with Gasteiger partial charge in [-0.25, -0.2) is 4.79 Å². The Labute approximate surface area is 189 Å². The van der Waals surface area contributed by atoms with Gasteiger partial charge in [-0.05, 0) is 84.1 Å². The average Bonchev–Trinajstić information content (AvgIpc) is 3.12. The molecule has 2 aliphatic carbocycles. The van der Waals surface area contributed by atoms with Crippen LogP contribution in [0.3, 0.4) is 0 Å². The molecule has 2 N–H and O–H groups in total. The molecule has 31 heavy (non-hydrogen) atoms. The van der Waals surface area contributed by atoms with Gasteiger partial charge >= 0.3 is 5.97 Å². The largest absolute Gasteiger partial charge is 0.478 e. The normalized spacial score (nSPS) is 26.6. The van der Waals surface area contributed by atoms with Crippen molar-refractivity contribution in [2.24, 2.45) is 17.3 Å². The quantitative estimate of drug-likeness (QED) is 0.616. The van der Waals surface area contributed by atoms with Crippen LogP contribution >= 0.6 is 11.3 Å². The molecule has 1 aromatic rings. The summed E-state index contributed by atoms with van der Waals surface area (Å²) >= 11 is 1.31. The van der Waals surface area contributed by atoms with Crippen LogP contribution in [0.25, 0.3) is 0 Å². The number of rotatable bonds is 4. The van der Waals surface area contributed by atoms with Crippen molar-refractivity contribution in [1.29, 1.82) is 0 Å². The molecule has 1 aromatic heterocycles. The van der Waals surface area contributed by atoms with Crippen LogP contribution in [0.2, 0.25) is 0 Å². The van der Waals surface area contributed by atoms with Crippen LogP contribution in [0, 0.1) is 29.1 Å². The van der Waals surface area contributed by atoms with Crippen LogP contribution in [0.1, 0.15) is 94.3 Å². The molecule has 0 bridgehead atoms. The van der Waals surface area contributed by atoms with Gasteiger partial charge in [-0.3, -0.25) is 9.69 Å². The van der Waals surface area contributed by atoms with Gasteiger partial charge in [0.1, 0.15) is 5.00 Å². The zero-order chi connectivity index (χ0) is 22.8. The van der Waals surface area contributed by atoms with Gasteiger partial charge in [0.05, 0.1) is 16.5 Å². The standard InChI is InChI=1S/C25H35NO4S/c1-16-5-7-17(8-6-16)22(28)26(18-9-11-19(27)12-10-18)23-21(24(29)30)15-20(31-23)13-14-25(2,3)4/h15-19,27H,5-12H2,1-4H3,(H,29,30). The molecule has 1 heterocycles. The monoisotopic (exact) mass is 445 g/mol. The van der Waals surface area contributed by atoms with Crippen molar-refractivity contribution in [2.75, 3.05) is 4.90 Å². The van der Waals surface area contributed by atoms with Crippen LogP contribution < -0.4 is 4.90 Å². The smallest absolute Gasteiger partial charge is 0.338 e. The first-order chi connectivity index (χ1) is 14.5. The second-order valence-corrected chi connectivity index (χ2v) is 11.3. The van der Waals surface area contributed by atoms with Crippen LogP contribution in [0.5, 0.6) is 0 Å². The third kappa shape index (κ3) is 6.11. The third-order valence-corrected chi connectivity index (χ3v) is 7.41. The molecular weight excluding hydrogens is 410 g/mol. The van der Waals surface area contributed by atoms with Crippen molar-refractivity contribution >= 4 is 28.2 Å². The maximum absolute atomic E-state index is 13.7. The number of nitrogens with zero attached hydrogens (tertiary/aromatic N) is 1. The number of hydrogen-bond acceptors (Lipinski definition) is 4. The molecule has 2 saturated carbocycles. The minimum absolute atomic E-state index is 0.0490. The molecule has 5 nitrogen and oxygen atoms in total. The summed E-state index contributed by atoms with van der Waals surface area (Å²) in [5.41, 5.74) is -0.0340. The molecule has 0 saturated heterocycles. The molecular formula is C25H35NO4S. The van der Waals surface area contributed by atoms with Gasteiger partial charge in [-0.1, -0.05) is 18.8 Å². The predicted octanol–water partition coefficient (Wildman–Crippen LogP) is 5.31. The predicted molar refractivity (Wildman–Crippen MR) is 124 cm³/mol. The van der Waals surface area contributed by atoms with Gasteiger partial charge in [-0.15, -0.1) is 11.3 Å². The second kappa shape index (κ2) is 9.75. The van der Waals surface area contributed by atoms with Crippen molar-refractivity contribution in [2.45, 2.75) is 91.2 Å². The highest BCUT2D eigenvalue weighted by molar-refractivity contribution is 7.17. The molecule has 2 aliphatic rings. The van der Waals surface area contributed by atoms with Crippen molar-refractivity contribution in [3.63, 3.8) is 0 Å². The summed E-state index contributed by atoms with van der Waals surface area (Å²) in [5.74, 6) is 5.89. The molecule has 0 atom stereocenters. The highest BCUT2D eigenvalue weighted by Gasteiger charge is 2.37. The fourth-order valence-electron chi connectivity index (χ4n) is 4.49. The fourth-order valence-corrected chi connectivity index (χ4v) is 5.57. The summed E-state index contributed by atoms with van der Waals surface area (Å²) in [6, 6.07) is 1.54. The van der Waals surface area contributed by atoms with Gasteiger partial charge in [-0.2, -0.15) is 0 Å². The SMILES string of the molecule is CC1CCC(C(=O)N(c2sc(C#CC(C)(C)C)cc2C(=O)O)C2CCC(O)CC2)CC1. The maximum Gasteiger partial charge on any atom is 0.338 e. The van der Waals surface area contributed by atoms with Gasteiger partial charge in [0.2, 0.25) is 5.91 Å². The molecule has 6 heteroatoms. The van der Waals surface area contributed by atoms with E-state index in [9.17, 15) is 19.8 Å². The second-order valence-electron chi connectivity index (χ2n) is 10.3. The fraction of sp³-hybridized carbons (Fsp3) is 0.680. The lowest BCUT2D eigenvalue weighted by atomic mass is 9.81. The van der Waals surface area contributed by atoms with E-state index in [1.165, 1.54) is 11.3 Å². The van der Waals surface area contributed by atoms with E-state index in [0.29, 0.717) is 41.5 Å². The molecule has 0 spiro atoms. The molecule has 1 amide bonds. The lowest BCUT2D eigenvalue weighted by molar-refractivity contribution is -0.124. The first-order valence-electron chi connectivity index (χ1n) is 11.5. The molecule has 0 aromatic carbocycles. The van der Waals surface area contributed by atoms with Crippen LogP contribution in [-0.4, -0.2) is 34.2 Å². The number of aliphatic hydroxyl groups excluding tert-OH is 1. The van der Waals surface area contributed by atoms with Crippen LogP contribution in [-0.2, 0) is 4.79 Å². The van der Waals surface area contributed by atoms with E-state index in [0.717, 1.165) is 25.7 Å². The third-order valence-electron chi connectivity index (χ3n) is 6.36. The number of carbonyl (C=O) groups excluding carboxylic acids is 1. The molecule has 170 valence electrons. The van der Waals surface area contributed by atoms with Gasteiger partial charge in [0.15, 0.2) is 0 Å². The number of amides is 1. The molecule has 0 aliphatic heterocycles. The Hall–Kier alpha value is -1.84. The van der Waals surface area contributed by atoms with E-state index in [1.807, 2.05) is 20.8 Å². The van der Waals surface area contributed by atoms with E-state index < -0.39 is 5.97 Å². The van der Waals surface area contributed by atoms with Crippen molar-refractivity contribution < 1.29 is 19.8 Å². The first kappa shape index (κ1) is 23.8. The number of carboxylic acid groups (broad SMARTS) is 1. The van der Waals surface area contributed by atoms with Gasteiger partial charge < -0.3 is 10.2 Å². The minimum atomic E-state index is -1.03. The summed E-state index contributed by atoms with van der Waals surface area (Å²) < 4.78 is 0. The van der Waals surface area contributed by atoms with Crippen molar-refractivity contribution in [3.8, 4) is 11.8 Å². The maximum atomic E-state index is 13.7. The molecule has 2 fully saturated rings. The number of carbonyl (C=O) groups is 2. The summed E-state index contributed by atoms with van der Waals surface area (Å²) in [6.07, 6.45) is 6.11. The number of thiophene rings is 1. The first-order valence-corrected chi connectivity index (χ1v) is 12.3. The Balaban J connectivity index is 1.99. The molecule has 0 radical (unpaired) electrons. The molecule has 0 unspecified atom stereocenters. The number of carboxylic acids is 1. The van der Waals surface area contributed by atoms with E-state index in [4.69, 9.17) is 0 Å². The highest BCUT2D eigenvalue weighted by atomic mass is 32.1. The van der Waals surface area contributed by atoms with Gasteiger partial charge in [0, 0.05) is 17.4 Å². The minimum Gasteiger partial charge on any atom is -0.478 e. The zero-order valence-electron chi connectivity index (χ0n) is 19.1. The Morgan fingerprint density at radius 2 is 1.68 bits per heavy atom. The highest BCUT2D eigenvalue weighted by Crippen LogP contribution is 2.39. The lowest BCUT2D eigenvalue weighted by Gasteiger charge is -2.38. The summed E-state index contributed by atoms with van der Waals surface area (Å²) in [7, 11) is 0. The topological polar surface area (TPSA) is 77.8 Å². The number of aliphatic hydroxyl groups is 1. The van der Waals surface area contributed by atoms with E-state index in [-0.39, 0.29) is 34.9 Å². The van der Waals surface area contributed by atoms with Crippen LogP contribution in [0.4, 0.5) is 5.00 Å². The summed E-state index contributed by atoms with van der Waals surface area (Å²) in [4.78, 5) is 28.3. The Morgan fingerprint density at radius 1 is 1.06 bits per heavy atom. The van der Waals surface area contributed by atoms with Crippen molar-refractivity contribution in [1.82, 2.24) is 0 Å². The van der Waals surface area contributed by atoms with Gasteiger partial charge in [0.25, 0.3) is 0 Å². The van der Waals surface area contributed by atoms with E-state index in [2.05, 4.69) is 18.8 Å². The number of anilines is 1. The summed E-state index contributed by atoms with van der Waals surface area (Å²) in [5, 5.41) is 20.4. The Morgan fingerprint density at radius 3 is 2.23 bits per heavy atom. The average molecular weight is 446 g/mol.